The van der Waals surface area contributed by atoms with E-state index in [-0.39, 0.29) is 5.54 Å². The van der Waals surface area contributed by atoms with E-state index in [9.17, 15) is 0 Å². The topological polar surface area (TPSA) is 38.9 Å². The average molecular weight is 282 g/mol. The number of nitrogens with two attached hydrogens (primary N) is 1. The predicted molar refractivity (Wildman–Crippen MR) is 89.2 cm³/mol. The second-order valence-corrected chi connectivity index (χ2v) is 7.88. The second-order valence-electron chi connectivity index (χ2n) is 7.88. The molecular weight excluding hydrogens is 256 g/mol. The Morgan fingerprint density at radius 2 is 1.95 bits per heavy atom. The van der Waals surface area contributed by atoms with Crippen molar-refractivity contribution < 1.29 is 0 Å². The van der Waals surface area contributed by atoms with Gasteiger partial charge in [0.2, 0.25) is 0 Å². The van der Waals surface area contributed by atoms with E-state index < -0.39 is 0 Å². The van der Waals surface area contributed by atoms with Crippen molar-refractivity contribution in [3.05, 3.63) is 42.1 Å². The Morgan fingerprint density at radius 1 is 1.19 bits per heavy atom. The van der Waals surface area contributed by atoms with Crippen molar-refractivity contribution in [1.29, 1.82) is 0 Å². The summed E-state index contributed by atoms with van der Waals surface area (Å²) in [5.41, 5.74) is 9.49. The molecule has 2 heteroatoms. The van der Waals surface area contributed by atoms with Crippen LogP contribution in [0.2, 0.25) is 0 Å². The lowest BCUT2D eigenvalue weighted by atomic mass is 9.63. The highest BCUT2D eigenvalue weighted by Crippen LogP contribution is 2.44. The largest absolute Gasteiger partial charge is 0.325 e. The standard InChI is InChI=1S/C19H26N2/c1-14-10-18(2,3)13-19(20,11-14)12-15-8-9-21-17-7-5-4-6-16(15)17/h4-9,14H,10-13,20H2,1-3H3. The molecule has 1 heterocycles. The summed E-state index contributed by atoms with van der Waals surface area (Å²) >= 11 is 0. The SMILES string of the molecule is CC1CC(C)(C)CC(N)(Cc2ccnc3ccccc23)C1. The maximum atomic E-state index is 6.83. The van der Waals surface area contributed by atoms with E-state index in [1.165, 1.54) is 17.4 Å². The molecule has 2 nitrogen and oxygen atoms in total. The van der Waals surface area contributed by atoms with Gasteiger partial charge in [0.1, 0.15) is 0 Å². The molecule has 1 aliphatic carbocycles. The summed E-state index contributed by atoms with van der Waals surface area (Å²) in [4.78, 5) is 4.46. The normalized spacial score (nSPS) is 28.7. The van der Waals surface area contributed by atoms with E-state index in [1.54, 1.807) is 0 Å². The third-order valence-corrected chi connectivity index (χ3v) is 4.77. The summed E-state index contributed by atoms with van der Waals surface area (Å²) in [7, 11) is 0. The molecule has 1 aliphatic rings. The van der Waals surface area contributed by atoms with Gasteiger partial charge in [-0.25, -0.2) is 0 Å². The first kappa shape index (κ1) is 14.5. The summed E-state index contributed by atoms with van der Waals surface area (Å²) in [6, 6.07) is 10.5. The molecule has 0 amide bonds. The smallest absolute Gasteiger partial charge is 0.0704 e. The third kappa shape index (κ3) is 3.11. The number of aromatic nitrogens is 1. The van der Waals surface area contributed by atoms with Gasteiger partial charge in [-0.3, -0.25) is 4.98 Å². The zero-order valence-electron chi connectivity index (χ0n) is 13.4. The summed E-state index contributed by atoms with van der Waals surface area (Å²) in [5, 5.41) is 1.25. The molecular formula is C19H26N2. The van der Waals surface area contributed by atoms with Gasteiger partial charge in [-0.15, -0.1) is 0 Å². The quantitative estimate of drug-likeness (QED) is 0.891. The number of hydrogen-bond donors (Lipinski definition) is 1. The maximum Gasteiger partial charge on any atom is 0.0704 e. The van der Waals surface area contributed by atoms with Crippen molar-refractivity contribution in [2.24, 2.45) is 17.1 Å². The minimum Gasteiger partial charge on any atom is -0.325 e. The fourth-order valence-corrected chi connectivity index (χ4v) is 4.63. The molecule has 2 unspecified atom stereocenters. The van der Waals surface area contributed by atoms with E-state index in [0.29, 0.717) is 11.3 Å². The number of hydrogen-bond acceptors (Lipinski definition) is 2. The van der Waals surface area contributed by atoms with E-state index >= 15 is 0 Å². The van der Waals surface area contributed by atoms with Gasteiger partial charge < -0.3 is 5.73 Å². The molecule has 2 aromatic rings. The van der Waals surface area contributed by atoms with Crippen LogP contribution in [0.1, 0.15) is 45.6 Å². The monoisotopic (exact) mass is 282 g/mol. The van der Waals surface area contributed by atoms with Crippen molar-refractivity contribution in [1.82, 2.24) is 4.98 Å². The number of fused-ring (bicyclic) bond motifs is 1. The second kappa shape index (κ2) is 5.10. The van der Waals surface area contributed by atoms with Gasteiger partial charge >= 0.3 is 0 Å². The van der Waals surface area contributed by atoms with Crippen LogP contribution in [0.3, 0.4) is 0 Å². The molecule has 0 saturated heterocycles. The van der Waals surface area contributed by atoms with Gasteiger partial charge in [-0.1, -0.05) is 39.0 Å². The van der Waals surface area contributed by atoms with Gasteiger partial charge in [0.15, 0.2) is 0 Å². The van der Waals surface area contributed by atoms with Crippen molar-refractivity contribution >= 4 is 10.9 Å². The predicted octanol–water partition coefficient (Wildman–Crippen LogP) is 4.32. The van der Waals surface area contributed by atoms with Crippen molar-refractivity contribution in [3.63, 3.8) is 0 Å². The summed E-state index contributed by atoms with van der Waals surface area (Å²) in [6.45, 7) is 7.05. The summed E-state index contributed by atoms with van der Waals surface area (Å²) in [6.07, 6.45) is 6.36. The molecule has 2 N–H and O–H groups in total. The van der Waals surface area contributed by atoms with Crippen LogP contribution in [0.4, 0.5) is 0 Å². The van der Waals surface area contributed by atoms with Gasteiger partial charge in [0.25, 0.3) is 0 Å². The van der Waals surface area contributed by atoms with E-state index in [1.807, 2.05) is 12.3 Å². The highest BCUT2D eigenvalue weighted by molar-refractivity contribution is 5.81. The van der Waals surface area contributed by atoms with Gasteiger partial charge in [-0.05, 0) is 54.7 Å². The number of para-hydroxylation sites is 1. The number of nitrogens with zero attached hydrogens (tertiary/aromatic N) is 1. The maximum absolute atomic E-state index is 6.83. The molecule has 1 saturated carbocycles. The van der Waals surface area contributed by atoms with E-state index in [2.05, 4.69) is 50.0 Å². The van der Waals surface area contributed by atoms with Crippen LogP contribution in [-0.2, 0) is 6.42 Å². The van der Waals surface area contributed by atoms with Gasteiger partial charge in [-0.2, -0.15) is 0 Å². The lowest BCUT2D eigenvalue weighted by Crippen LogP contribution is -2.50. The van der Waals surface area contributed by atoms with E-state index in [4.69, 9.17) is 5.73 Å². The van der Waals surface area contributed by atoms with Gasteiger partial charge in [0, 0.05) is 17.1 Å². The molecule has 0 spiro atoms. The summed E-state index contributed by atoms with van der Waals surface area (Å²) < 4.78 is 0. The van der Waals surface area contributed by atoms with Crippen molar-refractivity contribution in [2.45, 2.75) is 52.0 Å². The lowest BCUT2D eigenvalue weighted by molar-refractivity contribution is 0.108. The van der Waals surface area contributed by atoms with Crippen LogP contribution < -0.4 is 5.73 Å². The Balaban J connectivity index is 1.94. The molecule has 3 rings (SSSR count). The van der Waals surface area contributed by atoms with Crippen LogP contribution in [0, 0.1) is 11.3 Å². The Bertz CT molecular complexity index is 642. The first-order valence-corrected chi connectivity index (χ1v) is 7.99. The summed E-state index contributed by atoms with van der Waals surface area (Å²) in [5.74, 6) is 0.701. The minimum atomic E-state index is -0.0920. The molecule has 1 aromatic carbocycles. The van der Waals surface area contributed by atoms with Crippen molar-refractivity contribution in [3.8, 4) is 0 Å². The van der Waals surface area contributed by atoms with Crippen LogP contribution in [0.15, 0.2) is 36.5 Å². The highest BCUT2D eigenvalue weighted by Gasteiger charge is 2.40. The average Bonchev–Trinajstić information content (AvgIpc) is 2.35. The van der Waals surface area contributed by atoms with Crippen LogP contribution >= 0.6 is 0 Å². The first-order valence-electron chi connectivity index (χ1n) is 7.99. The molecule has 21 heavy (non-hydrogen) atoms. The minimum absolute atomic E-state index is 0.0920. The Labute approximate surface area is 127 Å². The molecule has 1 aromatic heterocycles. The zero-order valence-corrected chi connectivity index (χ0v) is 13.4. The third-order valence-electron chi connectivity index (χ3n) is 4.77. The Kier molecular flexibility index (Phi) is 3.53. The van der Waals surface area contributed by atoms with Crippen LogP contribution in [0.25, 0.3) is 10.9 Å². The fraction of sp³-hybridized carbons (Fsp3) is 0.526. The number of benzene rings is 1. The Hall–Kier alpha value is -1.41. The highest BCUT2D eigenvalue weighted by atomic mass is 14.8. The molecule has 1 fully saturated rings. The molecule has 112 valence electrons. The number of pyridine rings is 1. The van der Waals surface area contributed by atoms with Crippen molar-refractivity contribution in [2.75, 3.05) is 0 Å². The molecule has 0 bridgehead atoms. The Morgan fingerprint density at radius 3 is 2.71 bits per heavy atom. The number of rotatable bonds is 2. The van der Waals surface area contributed by atoms with Gasteiger partial charge in [0.05, 0.1) is 5.52 Å². The molecule has 2 atom stereocenters. The van der Waals surface area contributed by atoms with E-state index in [0.717, 1.165) is 24.8 Å². The zero-order chi connectivity index (χ0) is 15.1. The van der Waals surface area contributed by atoms with Crippen LogP contribution in [0.5, 0.6) is 0 Å². The molecule has 0 radical (unpaired) electrons. The fourth-order valence-electron chi connectivity index (χ4n) is 4.63. The van der Waals surface area contributed by atoms with Crippen LogP contribution in [-0.4, -0.2) is 10.5 Å². The lowest BCUT2D eigenvalue weighted by Gasteiger charge is -2.46. The molecule has 0 aliphatic heterocycles. The first-order chi connectivity index (χ1) is 9.87.